The van der Waals surface area contributed by atoms with Gasteiger partial charge in [-0.05, 0) is 30.5 Å². The lowest BCUT2D eigenvalue weighted by Crippen LogP contribution is -2.47. The zero-order valence-electron chi connectivity index (χ0n) is 17.0. The van der Waals surface area contributed by atoms with Crippen LogP contribution in [0.25, 0.3) is 11.0 Å². The highest BCUT2D eigenvalue weighted by atomic mass is 32.2. The molecular formula is C20H24N6O3S. The Morgan fingerprint density at radius 1 is 1.27 bits per heavy atom. The van der Waals surface area contributed by atoms with Gasteiger partial charge in [-0.1, -0.05) is 26.0 Å². The highest BCUT2D eigenvalue weighted by Crippen LogP contribution is 2.27. The number of carbonyl (C=O) groups excluding carboxylic acids is 2. The van der Waals surface area contributed by atoms with Gasteiger partial charge in [-0.3, -0.25) is 5.10 Å². The number of amides is 2. The highest BCUT2D eigenvalue weighted by Gasteiger charge is 2.25. The van der Waals surface area contributed by atoms with Crippen LogP contribution in [-0.4, -0.2) is 44.8 Å². The molecule has 0 aliphatic carbocycles. The van der Waals surface area contributed by atoms with Gasteiger partial charge in [-0.25, -0.2) is 19.6 Å². The van der Waals surface area contributed by atoms with Crippen molar-refractivity contribution in [2.75, 3.05) is 11.9 Å². The first-order chi connectivity index (χ1) is 14.5. The van der Waals surface area contributed by atoms with E-state index in [9.17, 15) is 9.59 Å². The number of aromatic amines is 1. The topological polar surface area (TPSA) is 122 Å². The lowest BCUT2D eigenvalue weighted by atomic mass is 10.1. The van der Waals surface area contributed by atoms with Crippen LogP contribution in [0.15, 0.2) is 41.8 Å². The number of H-pyrrole nitrogens is 1. The molecule has 30 heavy (non-hydrogen) atoms. The Bertz CT molecular complexity index is 1020. The van der Waals surface area contributed by atoms with Crippen LogP contribution in [0.5, 0.6) is 0 Å². The van der Waals surface area contributed by atoms with Crippen LogP contribution in [0.4, 0.5) is 10.5 Å². The minimum absolute atomic E-state index is 0.0924. The maximum Gasteiger partial charge on any atom is 0.328 e. The van der Waals surface area contributed by atoms with Crippen molar-refractivity contribution in [3.63, 3.8) is 0 Å². The predicted molar refractivity (Wildman–Crippen MR) is 115 cm³/mol. The van der Waals surface area contributed by atoms with Crippen molar-refractivity contribution in [2.24, 2.45) is 5.92 Å². The van der Waals surface area contributed by atoms with Crippen molar-refractivity contribution >= 4 is 40.5 Å². The molecule has 0 radical (unpaired) electrons. The molecular weight excluding hydrogens is 404 g/mol. The molecule has 0 bridgehead atoms. The molecule has 9 nitrogen and oxygen atoms in total. The molecule has 0 spiro atoms. The number of rotatable bonds is 8. The number of nitrogens with zero attached hydrogens (tertiary/aromatic N) is 3. The summed E-state index contributed by atoms with van der Waals surface area (Å²) in [7, 11) is 0. The van der Waals surface area contributed by atoms with E-state index in [1.807, 2.05) is 32.0 Å². The number of benzene rings is 1. The van der Waals surface area contributed by atoms with Gasteiger partial charge in [0.2, 0.25) is 0 Å². The first-order valence-electron chi connectivity index (χ1n) is 9.58. The van der Waals surface area contributed by atoms with Crippen LogP contribution in [0.3, 0.4) is 0 Å². The van der Waals surface area contributed by atoms with E-state index in [4.69, 9.17) is 4.74 Å². The molecule has 1 unspecified atom stereocenters. The monoisotopic (exact) mass is 428 g/mol. The van der Waals surface area contributed by atoms with Crippen LogP contribution in [0.2, 0.25) is 0 Å². The van der Waals surface area contributed by atoms with E-state index in [0.717, 1.165) is 16.0 Å². The third-order valence-corrected chi connectivity index (χ3v) is 5.34. The van der Waals surface area contributed by atoms with Gasteiger partial charge in [0.1, 0.15) is 17.4 Å². The zero-order chi connectivity index (χ0) is 21.5. The molecule has 0 saturated carbocycles. The minimum Gasteiger partial charge on any atom is -0.464 e. The van der Waals surface area contributed by atoms with E-state index in [0.29, 0.717) is 17.1 Å². The van der Waals surface area contributed by atoms with Crippen LogP contribution < -0.4 is 10.6 Å². The van der Waals surface area contributed by atoms with Crippen molar-refractivity contribution in [3.8, 4) is 0 Å². The molecule has 2 aromatic heterocycles. The molecule has 2 amide bonds. The molecule has 158 valence electrons. The van der Waals surface area contributed by atoms with E-state index >= 15 is 0 Å². The highest BCUT2D eigenvalue weighted by molar-refractivity contribution is 7.98. The number of ether oxygens (including phenoxy) is 1. The number of hydrogen-bond donors (Lipinski definition) is 3. The number of hydrogen-bond acceptors (Lipinski definition) is 7. The third-order valence-electron chi connectivity index (χ3n) is 4.27. The van der Waals surface area contributed by atoms with Gasteiger partial charge in [-0.2, -0.15) is 5.10 Å². The Kier molecular flexibility index (Phi) is 7.23. The van der Waals surface area contributed by atoms with E-state index in [1.54, 1.807) is 30.9 Å². The molecule has 2 heterocycles. The number of thioether (sulfide) groups is 1. The van der Waals surface area contributed by atoms with Crippen LogP contribution >= 0.6 is 11.8 Å². The fourth-order valence-corrected chi connectivity index (χ4v) is 3.70. The summed E-state index contributed by atoms with van der Waals surface area (Å²) < 4.78 is 5.03. The van der Waals surface area contributed by atoms with Crippen LogP contribution in [0, 0.1) is 5.92 Å². The predicted octanol–water partition coefficient (Wildman–Crippen LogP) is 3.35. The Balaban J connectivity index is 1.61. The molecule has 10 heteroatoms. The number of carbonyl (C=O) groups is 2. The standard InChI is InChI=1S/C20H24N6O3S/c1-4-29-19(27)16(12(2)3)25-20(28)24-14-7-5-6-13(8-14)10-30-18-15-9-23-26-17(15)21-11-22-18/h5-9,11-12,16H,4,10H2,1-3H3,(H2,24,25,28)(H,21,22,23,26). The smallest absolute Gasteiger partial charge is 0.328 e. The number of esters is 1. The van der Waals surface area contributed by atoms with Gasteiger partial charge in [0.15, 0.2) is 5.65 Å². The summed E-state index contributed by atoms with van der Waals surface area (Å²) in [6.45, 7) is 5.70. The van der Waals surface area contributed by atoms with Gasteiger partial charge in [-0.15, -0.1) is 11.8 Å². The minimum atomic E-state index is -0.709. The maximum absolute atomic E-state index is 12.4. The van der Waals surface area contributed by atoms with Gasteiger partial charge in [0.25, 0.3) is 0 Å². The zero-order valence-corrected chi connectivity index (χ0v) is 17.8. The second-order valence-corrected chi connectivity index (χ2v) is 7.84. The first kappa shape index (κ1) is 21.6. The van der Waals surface area contributed by atoms with E-state index in [-0.39, 0.29) is 12.5 Å². The molecule has 0 fully saturated rings. The van der Waals surface area contributed by atoms with E-state index in [2.05, 4.69) is 30.8 Å². The fraction of sp³-hybridized carbons (Fsp3) is 0.350. The van der Waals surface area contributed by atoms with Crippen molar-refractivity contribution in [2.45, 2.75) is 37.6 Å². The Morgan fingerprint density at radius 2 is 2.10 bits per heavy atom. The maximum atomic E-state index is 12.4. The lowest BCUT2D eigenvalue weighted by Gasteiger charge is -2.20. The molecule has 3 aromatic rings. The summed E-state index contributed by atoms with van der Waals surface area (Å²) in [5, 5.41) is 14.0. The summed E-state index contributed by atoms with van der Waals surface area (Å²) >= 11 is 1.56. The van der Waals surface area contributed by atoms with Gasteiger partial charge >= 0.3 is 12.0 Å². The van der Waals surface area contributed by atoms with Crippen molar-refractivity contribution in [3.05, 3.63) is 42.4 Å². The Labute approximate surface area is 178 Å². The van der Waals surface area contributed by atoms with Gasteiger partial charge in [0.05, 0.1) is 18.2 Å². The number of nitrogens with one attached hydrogen (secondary N) is 3. The summed E-state index contributed by atoms with van der Waals surface area (Å²) in [4.78, 5) is 32.9. The second-order valence-electron chi connectivity index (χ2n) is 6.87. The molecule has 3 N–H and O–H groups in total. The normalized spacial score (nSPS) is 12.0. The number of anilines is 1. The summed E-state index contributed by atoms with van der Waals surface area (Å²) in [6.07, 6.45) is 3.20. The quantitative estimate of drug-likeness (QED) is 0.286. The first-order valence-corrected chi connectivity index (χ1v) is 10.6. The third kappa shape index (κ3) is 5.47. The van der Waals surface area contributed by atoms with Crippen LogP contribution in [0.1, 0.15) is 26.3 Å². The van der Waals surface area contributed by atoms with Crippen molar-refractivity contribution in [1.82, 2.24) is 25.5 Å². The molecule has 1 atom stereocenters. The fourth-order valence-electron chi connectivity index (χ4n) is 2.79. The average Bonchev–Trinajstić information content (AvgIpc) is 3.20. The van der Waals surface area contributed by atoms with E-state index in [1.165, 1.54) is 6.33 Å². The summed E-state index contributed by atoms with van der Waals surface area (Å²) in [5.41, 5.74) is 2.34. The summed E-state index contributed by atoms with van der Waals surface area (Å²) in [6, 6.07) is 6.35. The second kappa shape index (κ2) is 10.1. The van der Waals surface area contributed by atoms with Gasteiger partial charge in [0, 0.05) is 11.4 Å². The van der Waals surface area contributed by atoms with Crippen molar-refractivity contribution in [1.29, 1.82) is 0 Å². The summed E-state index contributed by atoms with van der Waals surface area (Å²) in [5.74, 6) is 0.125. The number of urea groups is 1. The molecule has 0 aliphatic heterocycles. The lowest BCUT2D eigenvalue weighted by molar-refractivity contribution is -0.146. The molecule has 1 aromatic carbocycles. The molecule has 0 saturated heterocycles. The largest absolute Gasteiger partial charge is 0.464 e. The Hall–Kier alpha value is -3.14. The Morgan fingerprint density at radius 3 is 2.87 bits per heavy atom. The van der Waals surface area contributed by atoms with E-state index < -0.39 is 18.0 Å². The molecule has 3 rings (SSSR count). The van der Waals surface area contributed by atoms with Gasteiger partial charge < -0.3 is 15.4 Å². The molecule has 0 aliphatic rings. The number of fused-ring (bicyclic) bond motifs is 1. The van der Waals surface area contributed by atoms with Crippen LogP contribution in [-0.2, 0) is 15.3 Å². The van der Waals surface area contributed by atoms with Crippen molar-refractivity contribution < 1.29 is 14.3 Å². The SMILES string of the molecule is CCOC(=O)C(NC(=O)Nc1cccc(CSc2ncnc3[nH]ncc23)c1)C(C)C. The number of aromatic nitrogens is 4. The average molecular weight is 429 g/mol.